The van der Waals surface area contributed by atoms with E-state index in [0.29, 0.717) is 11.4 Å². The average Bonchev–Trinajstić information content (AvgIpc) is 2.42. The number of anilines is 1. The summed E-state index contributed by atoms with van der Waals surface area (Å²) < 4.78 is 0. The lowest BCUT2D eigenvalue weighted by Crippen LogP contribution is -2.46. The molecule has 1 aliphatic heterocycles. The maximum absolute atomic E-state index is 12.2. The number of amides is 2. The molecule has 0 radical (unpaired) electrons. The maximum Gasteiger partial charge on any atom is 0.322 e. The van der Waals surface area contributed by atoms with Gasteiger partial charge in [0.05, 0.1) is 0 Å². The molecule has 0 bridgehead atoms. The van der Waals surface area contributed by atoms with Crippen molar-refractivity contribution >= 4 is 23.3 Å². The van der Waals surface area contributed by atoms with Crippen LogP contribution in [0.15, 0.2) is 24.3 Å². The van der Waals surface area contributed by atoms with Gasteiger partial charge in [0.1, 0.15) is 0 Å². The third-order valence-electron chi connectivity index (χ3n) is 3.45. The lowest BCUT2D eigenvalue weighted by atomic mass is 10.0. The van der Waals surface area contributed by atoms with Crippen molar-refractivity contribution in [2.75, 3.05) is 18.5 Å². The molecule has 0 unspecified atom stereocenters. The van der Waals surface area contributed by atoms with Gasteiger partial charge in [-0.3, -0.25) is 0 Å². The van der Waals surface area contributed by atoms with E-state index in [4.69, 9.17) is 16.7 Å². The maximum atomic E-state index is 12.2. The van der Waals surface area contributed by atoms with Crippen LogP contribution < -0.4 is 5.32 Å². The Kier molecular flexibility index (Phi) is 5.05. The SMILES string of the molecule is O=C(Nc1ccc(Cl)cc1)N1CCCC[C@@H]1CCO. The molecule has 2 rings (SSSR count). The molecule has 1 aromatic carbocycles. The van der Waals surface area contributed by atoms with E-state index in [1.54, 1.807) is 24.3 Å². The molecule has 1 saturated heterocycles. The van der Waals surface area contributed by atoms with Crippen LogP contribution in [0.2, 0.25) is 5.02 Å². The molecule has 0 spiro atoms. The summed E-state index contributed by atoms with van der Waals surface area (Å²) >= 11 is 5.81. The first kappa shape index (κ1) is 14.2. The monoisotopic (exact) mass is 282 g/mol. The number of rotatable bonds is 3. The van der Waals surface area contributed by atoms with Gasteiger partial charge in [-0.15, -0.1) is 0 Å². The zero-order valence-corrected chi connectivity index (χ0v) is 11.6. The topological polar surface area (TPSA) is 52.6 Å². The molecule has 2 amide bonds. The normalized spacial score (nSPS) is 19.3. The van der Waals surface area contributed by atoms with E-state index >= 15 is 0 Å². The van der Waals surface area contributed by atoms with Gasteiger partial charge >= 0.3 is 6.03 Å². The molecule has 0 aliphatic carbocycles. The van der Waals surface area contributed by atoms with Crippen molar-refractivity contribution in [1.82, 2.24) is 4.90 Å². The van der Waals surface area contributed by atoms with E-state index in [0.717, 1.165) is 31.5 Å². The van der Waals surface area contributed by atoms with Crippen LogP contribution in [-0.2, 0) is 0 Å². The van der Waals surface area contributed by atoms with E-state index in [1.807, 2.05) is 4.90 Å². The van der Waals surface area contributed by atoms with Gasteiger partial charge < -0.3 is 15.3 Å². The Morgan fingerprint density at radius 1 is 1.37 bits per heavy atom. The first-order valence-electron chi connectivity index (χ1n) is 6.65. The zero-order chi connectivity index (χ0) is 13.7. The number of nitrogens with zero attached hydrogens (tertiary/aromatic N) is 1. The van der Waals surface area contributed by atoms with Gasteiger partial charge in [-0.25, -0.2) is 4.79 Å². The fraction of sp³-hybridized carbons (Fsp3) is 0.500. The molecule has 0 saturated carbocycles. The van der Waals surface area contributed by atoms with Crippen LogP contribution in [0.5, 0.6) is 0 Å². The summed E-state index contributed by atoms with van der Waals surface area (Å²) in [5.74, 6) is 0. The molecule has 1 aromatic rings. The fourth-order valence-electron chi connectivity index (χ4n) is 2.45. The van der Waals surface area contributed by atoms with Crippen molar-refractivity contribution in [3.8, 4) is 0 Å². The van der Waals surface area contributed by atoms with Gasteiger partial charge in [0.2, 0.25) is 0 Å². The number of hydrogen-bond donors (Lipinski definition) is 2. The second-order valence-corrected chi connectivity index (χ2v) is 5.23. The highest BCUT2D eigenvalue weighted by Gasteiger charge is 2.26. The van der Waals surface area contributed by atoms with Gasteiger partial charge in [-0.1, -0.05) is 11.6 Å². The molecule has 1 aliphatic rings. The largest absolute Gasteiger partial charge is 0.396 e. The van der Waals surface area contributed by atoms with E-state index < -0.39 is 0 Å². The van der Waals surface area contributed by atoms with Crippen molar-refractivity contribution in [3.05, 3.63) is 29.3 Å². The second kappa shape index (κ2) is 6.78. The first-order valence-corrected chi connectivity index (χ1v) is 7.02. The summed E-state index contributed by atoms with van der Waals surface area (Å²) in [6, 6.07) is 7.11. The van der Waals surface area contributed by atoms with Crippen LogP contribution >= 0.6 is 11.6 Å². The summed E-state index contributed by atoms with van der Waals surface area (Å²) in [6.45, 7) is 0.874. The van der Waals surface area contributed by atoms with Crippen LogP contribution in [-0.4, -0.2) is 35.2 Å². The highest BCUT2D eigenvalue weighted by molar-refractivity contribution is 6.30. The predicted octanol–water partition coefficient (Wildman–Crippen LogP) is 3.11. The average molecular weight is 283 g/mol. The van der Waals surface area contributed by atoms with Gasteiger partial charge in [0.25, 0.3) is 0 Å². The Labute approximate surface area is 118 Å². The smallest absolute Gasteiger partial charge is 0.322 e. The number of nitrogens with one attached hydrogen (secondary N) is 1. The Morgan fingerprint density at radius 2 is 2.11 bits per heavy atom. The quantitative estimate of drug-likeness (QED) is 0.895. The second-order valence-electron chi connectivity index (χ2n) is 4.79. The van der Waals surface area contributed by atoms with Gasteiger partial charge in [0.15, 0.2) is 0 Å². The van der Waals surface area contributed by atoms with Crippen molar-refractivity contribution in [1.29, 1.82) is 0 Å². The highest BCUT2D eigenvalue weighted by Crippen LogP contribution is 2.21. The standard InChI is InChI=1S/C14H19ClN2O2/c15-11-4-6-12(7-5-11)16-14(19)17-9-2-1-3-13(17)8-10-18/h4-7,13,18H,1-3,8-10H2,(H,16,19)/t13-/m1/s1. The predicted molar refractivity (Wildman–Crippen MR) is 76.5 cm³/mol. The van der Waals surface area contributed by atoms with Crippen LogP contribution in [0.25, 0.3) is 0 Å². The number of benzene rings is 1. The first-order chi connectivity index (χ1) is 9.20. The molecule has 5 heteroatoms. The van der Waals surface area contributed by atoms with Gasteiger partial charge in [-0.2, -0.15) is 0 Å². The van der Waals surface area contributed by atoms with Crippen LogP contribution in [0.1, 0.15) is 25.7 Å². The van der Waals surface area contributed by atoms with Gasteiger partial charge in [0, 0.05) is 29.9 Å². The Balaban J connectivity index is 1.99. The lowest BCUT2D eigenvalue weighted by Gasteiger charge is -2.35. The van der Waals surface area contributed by atoms with E-state index in [-0.39, 0.29) is 18.7 Å². The Morgan fingerprint density at radius 3 is 2.79 bits per heavy atom. The minimum absolute atomic E-state index is 0.0968. The van der Waals surface area contributed by atoms with Crippen molar-refractivity contribution < 1.29 is 9.90 Å². The molecular formula is C14H19ClN2O2. The molecule has 19 heavy (non-hydrogen) atoms. The van der Waals surface area contributed by atoms with Gasteiger partial charge in [-0.05, 0) is 49.9 Å². The minimum Gasteiger partial charge on any atom is -0.396 e. The van der Waals surface area contributed by atoms with Crippen LogP contribution in [0.4, 0.5) is 10.5 Å². The summed E-state index contributed by atoms with van der Waals surface area (Å²) in [7, 11) is 0. The van der Waals surface area contributed by atoms with Crippen molar-refractivity contribution in [3.63, 3.8) is 0 Å². The van der Waals surface area contributed by atoms with E-state index in [1.165, 1.54) is 0 Å². The molecular weight excluding hydrogens is 264 g/mol. The van der Waals surface area contributed by atoms with Crippen LogP contribution in [0.3, 0.4) is 0 Å². The molecule has 4 nitrogen and oxygen atoms in total. The minimum atomic E-state index is -0.0968. The summed E-state index contributed by atoms with van der Waals surface area (Å²) in [4.78, 5) is 14.1. The number of carbonyl (C=O) groups excluding carboxylic acids is 1. The third-order valence-corrected chi connectivity index (χ3v) is 3.70. The summed E-state index contributed by atoms with van der Waals surface area (Å²) in [5, 5.41) is 12.6. The number of piperidine rings is 1. The van der Waals surface area contributed by atoms with Crippen molar-refractivity contribution in [2.45, 2.75) is 31.7 Å². The molecule has 104 valence electrons. The van der Waals surface area contributed by atoms with E-state index in [2.05, 4.69) is 5.32 Å². The number of aliphatic hydroxyl groups excluding tert-OH is 1. The molecule has 1 fully saturated rings. The Bertz CT molecular complexity index is 420. The molecule has 2 N–H and O–H groups in total. The van der Waals surface area contributed by atoms with Crippen LogP contribution in [0, 0.1) is 0 Å². The number of carbonyl (C=O) groups is 1. The number of hydrogen-bond acceptors (Lipinski definition) is 2. The zero-order valence-electron chi connectivity index (χ0n) is 10.8. The summed E-state index contributed by atoms with van der Waals surface area (Å²) in [6.07, 6.45) is 3.76. The van der Waals surface area contributed by atoms with E-state index in [9.17, 15) is 4.79 Å². The molecule has 0 aromatic heterocycles. The number of aliphatic hydroxyl groups is 1. The fourth-order valence-corrected chi connectivity index (χ4v) is 2.57. The number of halogens is 1. The molecule has 1 heterocycles. The Hall–Kier alpha value is -1.26. The summed E-state index contributed by atoms with van der Waals surface area (Å²) in [5.41, 5.74) is 0.739. The lowest BCUT2D eigenvalue weighted by molar-refractivity contribution is 0.141. The molecule has 1 atom stereocenters. The van der Waals surface area contributed by atoms with Crippen molar-refractivity contribution in [2.24, 2.45) is 0 Å². The third kappa shape index (κ3) is 3.85. The number of likely N-dealkylation sites (tertiary alicyclic amines) is 1. The highest BCUT2D eigenvalue weighted by atomic mass is 35.5. The number of urea groups is 1.